The number of rotatable bonds is 14. The fourth-order valence-corrected chi connectivity index (χ4v) is 24.0. The van der Waals surface area contributed by atoms with Crippen molar-refractivity contribution in [2.75, 3.05) is 9.80 Å². The standard InChI is InChI=1S/C80H56N2.C33H26.C16H8Br2/c1-53-19-17-25-63(51-53)81(61-43-39-59(40-44-61)79(57-21-5-3-6-22-57)71-31-13-9-27-65(71)66-28-10-14-32-72(66)79)75-49-37-55-36-48-70-76(50-38-56-35-47-69(75)77(55)78(56)70)82(64-26-18-20-54(2)52-64)62-45-41-60(42-46-62)80(58-23-7-4-8-24-58)73-33-15-11-29-67(73)68-30-12-16-34-74(68)80;1-24-10-9-11-26(22-24)23-25-18-20-28(21-19-25)33(27-12-3-2-4-13-27)31-16-7-5-14-29(31)30-15-6-8-17-32(30)33;17-13-8-4-10-2-6-12-14(18)7-3-9-1-5-11(13)16(10)15(9)12/h3-52H,1-2H3;2-22H,23H2,1H3;1-8H. The molecule has 0 atom stereocenters. The van der Waals surface area contributed by atoms with Gasteiger partial charge in [0, 0.05) is 42.5 Å². The summed E-state index contributed by atoms with van der Waals surface area (Å²) in [5.41, 5.74) is 35.3. The molecule has 0 heterocycles. The summed E-state index contributed by atoms with van der Waals surface area (Å²) >= 11 is 7.30. The molecule has 26 rings (SSSR count). The van der Waals surface area contributed by atoms with Crippen LogP contribution < -0.4 is 9.80 Å². The first kappa shape index (κ1) is 81.0. The Morgan fingerprint density at radius 1 is 0.195 bits per heavy atom. The predicted octanol–water partition coefficient (Wildman–Crippen LogP) is 34.9. The van der Waals surface area contributed by atoms with Crippen LogP contribution in [0.1, 0.15) is 94.6 Å². The topological polar surface area (TPSA) is 6.48 Å². The second-order valence-corrected chi connectivity index (χ2v) is 37.7. The quantitative estimate of drug-likeness (QED) is 0.100. The molecule has 3 aliphatic carbocycles. The summed E-state index contributed by atoms with van der Waals surface area (Å²) in [4.78, 5) is 4.94. The third-order valence-electron chi connectivity index (χ3n) is 28.7. The van der Waals surface area contributed by atoms with Gasteiger partial charge in [0.25, 0.3) is 0 Å². The Morgan fingerprint density at radius 3 is 0.782 bits per heavy atom. The van der Waals surface area contributed by atoms with Crippen LogP contribution in [0.4, 0.5) is 34.1 Å². The van der Waals surface area contributed by atoms with Crippen LogP contribution in [0.15, 0.2) is 488 Å². The molecule has 630 valence electrons. The lowest BCUT2D eigenvalue weighted by atomic mass is 9.67. The summed E-state index contributed by atoms with van der Waals surface area (Å²) in [7, 11) is 0. The predicted molar refractivity (Wildman–Crippen MR) is 567 cm³/mol. The Bertz CT molecular complexity index is 7890. The zero-order valence-electron chi connectivity index (χ0n) is 74.0. The highest BCUT2D eigenvalue weighted by atomic mass is 79.9. The van der Waals surface area contributed by atoms with E-state index in [1.165, 1.54) is 193 Å². The maximum Gasteiger partial charge on any atom is 0.0713 e. The molecule has 0 fully saturated rings. The maximum atomic E-state index is 3.65. The number of hydrogen-bond acceptors (Lipinski definition) is 2. The second kappa shape index (κ2) is 33.0. The van der Waals surface area contributed by atoms with Crippen molar-refractivity contribution in [3.8, 4) is 33.4 Å². The lowest BCUT2D eigenvalue weighted by molar-refractivity contribution is 0.767. The summed E-state index contributed by atoms with van der Waals surface area (Å²) in [5.74, 6) is 0. The molecule has 133 heavy (non-hydrogen) atoms. The van der Waals surface area contributed by atoms with Gasteiger partial charge in [0.15, 0.2) is 0 Å². The molecule has 0 saturated carbocycles. The number of benzene rings is 23. The minimum Gasteiger partial charge on any atom is -0.310 e. The van der Waals surface area contributed by atoms with Crippen molar-refractivity contribution < 1.29 is 0 Å². The first-order valence-corrected chi connectivity index (χ1v) is 47.7. The molecule has 0 spiro atoms. The number of hydrogen-bond donors (Lipinski definition) is 0. The van der Waals surface area contributed by atoms with Crippen LogP contribution in [0.2, 0.25) is 0 Å². The van der Waals surface area contributed by atoms with E-state index >= 15 is 0 Å². The number of nitrogens with zero attached hydrogens (tertiary/aromatic N) is 2. The lowest BCUT2D eigenvalue weighted by Gasteiger charge is -2.35. The Morgan fingerprint density at radius 2 is 0.459 bits per heavy atom. The van der Waals surface area contributed by atoms with Crippen molar-refractivity contribution >= 4 is 131 Å². The average molecular weight is 1830 g/mol. The molecule has 23 aromatic carbocycles. The number of fused-ring (bicyclic) bond motifs is 9. The Hall–Kier alpha value is -15.3. The smallest absolute Gasteiger partial charge is 0.0713 e. The molecular formula is C129H90Br2N2. The summed E-state index contributed by atoms with van der Waals surface area (Å²) in [6.45, 7) is 6.54. The normalized spacial score (nSPS) is 13.2. The van der Waals surface area contributed by atoms with E-state index in [0.717, 1.165) is 49.5 Å². The van der Waals surface area contributed by atoms with Gasteiger partial charge < -0.3 is 9.80 Å². The van der Waals surface area contributed by atoms with Gasteiger partial charge in [0.05, 0.1) is 27.6 Å². The molecule has 0 unspecified atom stereocenters. The number of aryl methyl sites for hydroxylation is 3. The highest BCUT2D eigenvalue weighted by Crippen LogP contribution is 2.61. The first-order chi connectivity index (χ1) is 65.5. The molecular weight excluding hydrogens is 1740 g/mol. The molecule has 4 heteroatoms. The highest BCUT2D eigenvalue weighted by molar-refractivity contribution is 9.11. The van der Waals surface area contributed by atoms with Crippen LogP contribution in [0.25, 0.3) is 98.0 Å². The third kappa shape index (κ3) is 13.1. The molecule has 0 bridgehead atoms. The Balaban J connectivity index is 0.000000154. The molecule has 0 saturated heterocycles. The molecule has 0 radical (unpaired) electrons. The minimum atomic E-state index is -0.487. The molecule has 3 aliphatic rings. The van der Waals surface area contributed by atoms with E-state index in [1.807, 2.05) is 0 Å². The number of halogens is 2. The fraction of sp³-hybridized carbons (Fsp3) is 0.0543. The largest absolute Gasteiger partial charge is 0.310 e. The van der Waals surface area contributed by atoms with Crippen molar-refractivity contribution in [3.05, 3.63) is 583 Å². The van der Waals surface area contributed by atoms with Crippen LogP contribution in [0, 0.1) is 20.8 Å². The van der Waals surface area contributed by atoms with Crippen LogP contribution in [-0.4, -0.2) is 0 Å². The maximum absolute atomic E-state index is 3.65. The van der Waals surface area contributed by atoms with Crippen LogP contribution in [0.5, 0.6) is 0 Å². The molecule has 0 aromatic heterocycles. The van der Waals surface area contributed by atoms with Gasteiger partial charge in [-0.3, -0.25) is 0 Å². The van der Waals surface area contributed by atoms with Crippen molar-refractivity contribution in [2.24, 2.45) is 0 Å². The zero-order valence-corrected chi connectivity index (χ0v) is 77.1. The zero-order chi connectivity index (χ0) is 89.0. The van der Waals surface area contributed by atoms with E-state index in [-0.39, 0.29) is 5.41 Å². The van der Waals surface area contributed by atoms with Crippen molar-refractivity contribution in [2.45, 2.75) is 43.4 Å². The summed E-state index contributed by atoms with van der Waals surface area (Å²) in [5, 5.41) is 15.2. The SMILES string of the molecule is Brc1ccc2ccc3c(Br)ccc4ccc1c2c43.Cc1cccc(Cc2ccc(C3(c4ccccc4)c4ccccc4-c4ccccc43)cc2)c1.Cc1cccc(N(c2ccc(C3(c4ccccc4)c4ccccc4-c4ccccc43)cc2)c2ccc3ccc4c(N(c5ccc(C6(c7ccccc7)c7ccccc7-c7ccccc76)cc5)c5cccc(C)c5)ccc5ccc2c3c54)c1. The van der Waals surface area contributed by atoms with Crippen molar-refractivity contribution in [1.29, 1.82) is 0 Å². The third-order valence-corrected chi connectivity index (χ3v) is 30.0. The van der Waals surface area contributed by atoms with Gasteiger partial charge in [-0.2, -0.15) is 0 Å². The van der Waals surface area contributed by atoms with Gasteiger partial charge in [-0.05, 0) is 276 Å². The van der Waals surface area contributed by atoms with Gasteiger partial charge in [-0.1, -0.05) is 444 Å². The minimum absolute atomic E-state index is 0.309. The Labute approximate surface area is 793 Å². The van der Waals surface area contributed by atoms with E-state index in [4.69, 9.17) is 0 Å². The molecule has 0 amide bonds. The van der Waals surface area contributed by atoms with Crippen molar-refractivity contribution in [1.82, 2.24) is 0 Å². The Kier molecular flexibility index (Phi) is 20.1. The summed E-state index contributed by atoms with van der Waals surface area (Å²) in [6.07, 6.45) is 0.952. The van der Waals surface area contributed by atoms with E-state index in [0.29, 0.717) is 0 Å². The molecule has 0 N–H and O–H groups in total. The van der Waals surface area contributed by atoms with Gasteiger partial charge in [-0.15, -0.1) is 0 Å². The highest BCUT2D eigenvalue weighted by Gasteiger charge is 2.49. The molecule has 0 aliphatic heterocycles. The van der Waals surface area contributed by atoms with Gasteiger partial charge in [-0.25, -0.2) is 0 Å². The first-order valence-electron chi connectivity index (χ1n) is 46.1. The van der Waals surface area contributed by atoms with E-state index in [9.17, 15) is 0 Å². The van der Waals surface area contributed by atoms with Gasteiger partial charge in [0.1, 0.15) is 0 Å². The summed E-state index contributed by atoms with van der Waals surface area (Å²) < 4.78 is 2.31. The second-order valence-electron chi connectivity index (χ2n) is 36.0. The fourth-order valence-electron chi connectivity index (χ4n) is 23.1. The lowest BCUT2D eigenvalue weighted by Crippen LogP contribution is -2.28. The monoisotopic (exact) mass is 1820 g/mol. The van der Waals surface area contributed by atoms with Gasteiger partial charge in [0.2, 0.25) is 0 Å². The van der Waals surface area contributed by atoms with Gasteiger partial charge >= 0.3 is 0 Å². The average Bonchev–Trinajstić information content (AvgIpc) is 1.53. The van der Waals surface area contributed by atoms with Crippen LogP contribution >= 0.6 is 31.9 Å². The molecule has 2 nitrogen and oxygen atoms in total. The van der Waals surface area contributed by atoms with Crippen molar-refractivity contribution in [3.63, 3.8) is 0 Å². The summed E-state index contributed by atoms with van der Waals surface area (Å²) in [6, 6.07) is 178. The number of anilines is 6. The van der Waals surface area contributed by atoms with E-state index in [2.05, 4.69) is 542 Å². The molecule has 23 aromatic rings. The van der Waals surface area contributed by atoms with E-state index in [1.54, 1.807) is 0 Å². The van der Waals surface area contributed by atoms with E-state index < -0.39 is 10.8 Å². The van der Waals surface area contributed by atoms with Crippen LogP contribution in [0.3, 0.4) is 0 Å². The van der Waals surface area contributed by atoms with Crippen LogP contribution in [-0.2, 0) is 22.7 Å².